The Morgan fingerprint density at radius 3 is 2.93 bits per heavy atom. The monoisotopic (exact) mass is 435 g/mol. The summed E-state index contributed by atoms with van der Waals surface area (Å²) in [6.45, 7) is 6.50. The van der Waals surface area contributed by atoms with E-state index < -0.39 is 18.0 Å². The summed E-state index contributed by atoms with van der Waals surface area (Å²) in [6.07, 6.45) is 3.36. The number of carboxylic acid groups (broad SMARTS) is 1. The van der Waals surface area contributed by atoms with Crippen molar-refractivity contribution in [3.8, 4) is 0 Å². The van der Waals surface area contributed by atoms with Gasteiger partial charge in [0.25, 0.3) is 0 Å². The zero-order valence-corrected chi connectivity index (χ0v) is 18.2. The molecule has 0 aliphatic carbocycles. The van der Waals surface area contributed by atoms with E-state index in [2.05, 4.69) is 18.3 Å². The van der Waals surface area contributed by atoms with Crippen molar-refractivity contribution in [3.63, 3.8) is 0 Å². The number of amides is 1. The number of thiazole rings is 1. The minimum atomic E-state index is -1.11. The summed E-state index contributed by atoms with van der Waals surface area (Å²) >= 11 is 2.83. The molecule has 1 amide bonds. The van der Waals surface area contributed by atoms with Crippen LogP contribution in [0.4, 0.5) is 0 Å². The lowest BCUT2D eigenvalue weighted by molar-refractivity contribution is -0.163. The van der Waals surface area contributed by atoms with Crippen LogP contribution >= 0.6 is 23.1 Å². The molecule has 3 aliphatic rings. The van der Waals surface area contributed by atoms with Crippen molar-refractivity contribution in [2.75, 3.05) is 6.54 Å². The first kappa shape index (κ1) is 20.6. The molecule has 5 unspecified atom stereocenters. The quantitative estimate of drug-likeness (QED) is 0.590. The Morgan fingerprint density at radius 1 is 1.52 bits per heavy atom. The maximum Gasteiger partial charge on any atom is 0.353 e. The second-order valence-corrected chi connectivity index (χ2v) is 9.97. The Labute approximate surface area is 177 Å². The number of aliphatic hydroxyl groups is 1. The predicted molar refractivity (Wildman–Crippen MR) is 112 cm³/mol. The van der Waals surface area contributed by atoms with Crippen LogP contribution in [0.1, 0.15) is 39.3 Å². The number of β-lactam (4-membered cyclic amide) rings is 1. The number of nitrogens with zero attached hydrogens (tertiary/aromatic N) is 2. The first-order chi connectivity index (χ1) is 13.8. The summed E-state index contributed by atoms with van der Waals surface area (Å²) in [4.78, 5) is 31.1. The Balaban J connectivity index is 1.58. The average molecular weight is 436 g/mol. The zero-order valence-electron chi connectivity index (χ0n) is 16.6. The van der Waals surface area contributed by atoms with Crippen LogP contribution in [0.15, 0.2) is 26.4 Å². The van der Waals surface area contributed by atoms with Crippen LogP contribution in [0.25, 0.3) is 5.57 Å². The molecule has 7 nitrogen and oxygen atoms in total. The fourth-order valence-corrected chi connectivity index (χ4v) is 6.58. The second-order valence-electron chi connectivity index (χ2n) is 7.82. The van der Waals surface area contributed by atoms with Crippen molar-refractivity contribution in [1.29, 1.82) is 0 Å². The van der Waals surface area contributed by atoms with Gasteiger partial charge in [0.15, 0.2) is 4.34 Å². The highest BCUT2D eigenvalue weighted by Crippen LogP contribution is 2.52. The summed E-state index contributed by atoms with van der Waals surface area (Å²) in [7, 11) is 0. The van der Waals surface area contributed by atoms with E-state index in [1.54, 1.807) is 6.92 Å². The molecule has 3 N–H and O–H groups in total. The maximum atomic E-state index is 12.4. The highest BCUT2D eigenvalue weighted by molar-refractivity contribution is 8.04. The molecule has 4 heterocycles. The first-order valence-electron chi connectivity index (χ1n) is 9.88. The molecular weight excluding hydrogens is 410 g/mol. The third kappa shape index (κ3) is 3.43. The topological polar surface area (TPSA) is 103 Å². The maximum absolute atomic E-state index is 12.4. The molecule has 156 valence electrons. The molecule has 5 atom stereocenters. The van der Waals surface area contributed by atoms with E-state index in [0.717, 1.165) is 29.4 Å². The molecule has 9 heteroatoms. The lowest BCUT2D eigenvalue weighted by Crippen LogP contribution is -2.63. The van der Waals surface area contributed by atoms with Crippen molar-refractivity contribution in [2.24, 2.45) is 11.8 Å². The smallest absolute Gasteiger partial charge is 0.353 e. The summed E-state index contributed by atoms with van der Waals surface area (Å²) in [6, 6.07) is 0.156. The van der Waals surface area contributed by atoms with Gasteiger partial charge in [0.05, 0.1) is 23.8 Å². The molecule has 0 spiro atoms. The summed E-state index contributed by atoms with van der Waals surface area (Å²) in [5.41, 5.74) is 2.21. The molecule has 1 fully saturated rings. The summed E-state index contributed by atoms with van der Waals surface area (Å²) in [5, 5.41) is 25.2. The number of aliphatic hydroxyl groups excluding tert-OH is 1. The summed E-state index contributed by atoms with van der Waals surface area (Å²) in [5.74, 6) is -2.12. The molecule has 4 rings (SSSR count). The van der Waals surface area contributed by atoms with Crippen LogP contribution in [0, 0.1) is 11.8 Å². The number of carbonyl (C=O) groups excluding carboxylic acids is 1. The third-order valence-electron chi connectivity index (χ3n) is 6.03. The van der Waals surface area contributed by atoms with Gasteiger partial charge in [-0.05, 0) is 25.3 Å². The van der Waals surface area contributed by atoms with Crippen LogP contribution in [0.3, 0.4) is 0 Å². The van der Waals surface area contributed by atoms with Gasteiger partial charge in [0.1, 0.15) is 5.70 Å². The van der Waals surface area contributed by atoms with Crippen LogP contribution < -0.4 is 5.32 Å². The van der Waals surface area contributed by atoms with Gasteiger partial charge in [-0.3, -0.25) is 4.79 Å². The second kappa shape index (κ2) is 7.86. The standard InChI is InChI=1S/C20H25N3O4S2/c1-4-12-7-11(5-6-21-12)13-8-28-20(22-13)29-17-9(2)15-14(10(3)24)18(25)23(15)16(17)19(26)27/h5,8-10,12,14-15,21,24H,4,6-7H2,1-3H3,(H,26,27). The SMILES string of the molecule is CCC1CC(c2csc(SC3=C(C(=O)O)N4C(=O)C(C(C)O)C4C3C)n2)=CCN1. The molecule has 0 radical (unpaired) electrons. The van der Waals surface area contributed by atoms with Gasteiger partial charge in [-0.15, -0.1) is 11.3 Å². The van der Waals surface area contributed by atoms with E-state index in [9.17, 15) is 19.8 Å². The molecular formula is C20H25N3O4S2. The minimum absolute atomic E-state index is 0.0401. The fourth-order valence-electron chi connectivity index (χ4n) is 4.47. The Kier molecular flexibility index (Phi) is 5.58. The van der Waals surface area contributed by atoms with Gasteiger partial charge in [0, 0.05) is 28.8 Å². The number of thioether (sulfide) groups is 1. The van der Waals surface area contributed by atoms with Crippen molar-refractivity contribution in [3.05, 3.63) is 27.8 Å². The summed E-state index contributed by atoms with van der Waals surface area (Å²) < 4.78 is 0.775. The van der Waals surface area contributed by atoms with Gasteiger partial charge in [0.2, 0.25) is 5.91 Å². The van der Waals surface area contributed by atoms with E-state index in [1.807, 2.05) is 12.3 Å². The van der Waals surface area contributed by atoms with Gasteiger partial charge in [-0.2, -0.15) is 0 Å². The van der Waals surface area contributed by atoms with Gasteiger partial charge in [-0.1, -0.05) is 31.7 Å². The fraction of sp³-hybridized carbons (Fsp3) is 0.550. The highest BCUT2D eigenvalue weighted by Gasteiger charge is 2.60. The number of aromatic nitrogens is 1. The molecule has 3 aliphatic heterocycles. The number of fused-ring (bicyclic) bond motifs is 1. The molecule has 0 aromatic carbocycles. The molecule has 0 saturated carbocycles. The van der Waals surface area contributed by atoms with Crippen molar-refractivity contribution in [1.82, 2.24) is 15.2 Å². The van der Waals surface area contributed by atoms with Crippen molar-refractivity contribution in [2.45, 2.75) is 56.1 Å². The Morgan fingerprint density at radius 2 is 2.28 bits per heavy atom. The van der Waals surface area contributed by atoms with E-state index in [4.69, 9.17) is 4.98 Å². The first-order valence-corrected chi connectivity index (χ1v) is 11.6. The normalized spacial score (nSPS) is 30.1. The van der Waals surface area contributed by atoms with Crippen LogP contribution in [0.5, 0.6) is 0 Å². The zero-order chi connectivity index (χ0) is 20.9. The van der Waals surface area contributed by atoms with E-state index >= 15 is 0 Å². The molecule has 1 saturated heterocycles. The number of hydrogen-bond acceptors (Lipinski definition) is 7. The number of rotatable bonds is 6. The predicted octanol–water partition coefficient (Wildman–Crippen LogP) is 2.54. The lowest BCUT2D eigenvalue weighted by Gasteiger charge is -2.46. The van der Waals surface area contributed by atoms with E-state index in [-0.39, 0.29) is 23.6 Å². The molecule has 29 heavy (non-hydrogen) atoms. The third-order valence-corrected chi connectivity index (χ3v) is 8.26. The molecule has 1 aromatic rings. The highest BCUT2D eigenvalue weighted by atomic mass is 32.2. The largest absolute Gasteiger partial charge is 0.477 e. The number of aliphatic carboxylic acids is 1. The number of carbonyl (C=O) groups is 2. The van der Waals surface area contributed by atoms with Gasteiger partial charge >= 0.3 is 5.97 Å². The number of carboxylic acids is 1. The van der Waals surface area contributed by atoms with E-state index in [0.29, 0.717) is 10.9 Å². The van der Waals surface area contributed by atoms with Crippen LogP contribution in [0.2, 0.25) is 0 Å². The Bertz CT molecular complexity index is 907. The van der Waals surface area contributed by atoms with E-state index in [1.165, 1.54) is 33.6 Å². The van der Waals surface area contributed by atoms with Crippen molar-refractivity contribution < 1.29 is 19.8 Å². The number of hydrogen-bond donors (Lipinski definition) is 3. The van der Waals surface area contributed by atoms with Gasteiger partial charge in [-0.25, -0.2) is 9.78 Å². The van der Waals surface area contributed by atoms with Crippen molar-refractivity contribution >= 4 is 40.5 Å². The molecule has 1 aromatic heterocycles. The van der Waals surface area contributed by atoms with Gasteiger partial charge < -0.3 is 20.4 Å². The van der Waals surface area contributed by atoms with Crippen LogP contribution in [-0.2, 0) is 9.59 Å². The lowest BCUT2D eigenvalue weighted by atomic mass is 9.79. The Hall–Kier alpha value is -1.68. The number of nitrogens with one attached hydrogen (secondary N) is 1. The minimum Gasteiger partial charge on any atom is -0.477 e. The molecule has 0 bridgehead atoms. The average Bonchev–Trinajstić information content (AvgIpc) is 3.24. The van der Waals surface area contributed by atoms with Crippen LogP contribution in [-0.4, -0.2) is 56.7 Å².